The van der Waals surface area contributed by atoms with Crippen LogP contribution in [0, 0.1) is 5.92 Å². The zero-order valence-corrected chi connectivity index (χ0v) is 14.4. The summed E-state index contributed by atoms with van der Waals surface area (Å²) in [7, 11) is 0. The van der Waals surface area contributed by atoms with E-state index in [4.69, 9.17) is 5.73 Å². The van der Waals surface area contributed by atoms with Crippen molar-refractivity contribution in [1.82, 2.24) is 4.90 Å². The molecular formula is C17H27BrN2. The number of nitrogens with zero attached hydrogens (tertiary/aromatic N) is 1. The molecule has 2 N–H and O–H groups in total. The van der Waals surface area contributed by atoms with E-state index in [0.717, 1.165) is 23.4 Å². The molecule has 0 aromatic heterocycles. The van der Waals surface area contributed by atoms with E-state index in [1.807, 2.05) is 0 Å². The van der Waals surface area contributed by atoms with Gasteiger partial charge >= 0.3 is 0 Å². The Hall–Kier alpha value is -0.380. The molecule has 2 nitrogen and oxygen atoms in total. The van der Waals surface area contributed by atoms with Crippen molar-refractivity contribution in [3.8, 4) is 0 Å². The van der Waals surface area contributed by atoms with Gasteiger partial charge in [0.1, 0.15) is 0 Å². The first-order valence-corrected chi connectivity index (χ1v) is 8.60. The lowest BCUT2D eigenvalue weighted by Crippen LogP contribution is -2.49. The van der Waals surface area contributed by atoms with Crippen molar-refractivity contribution in [2.24, 2.45) is 11.7 Å². The van der Waals surface area contributed by atoms with E-state index >= 15 is 0 Å². The van der Waals surface area contributed by atoms with Gasteiger partial charge < -0.3 is 5.73 Å². The van der Waals surface area contributed by atoms with Gasteiger partial charge in [0, 0.05) is 16.6 Å². The lowest BCUT2D eigenvalue weighted by Gasteiger charge is -2.45. The van der Waals surface area contributed by atoms with Gasteiger partial charge in [-0.2, -0.15) is 0 Å². The summed E-state index contributed by atoms with van der Waals surface area (Å²) < 4.78 is 1.14. The third-order valence-electron chi connectivity index (χ3n) is 4.85. The molecule has 0 amide bonds. The Labute approximate surface area is 131 Å². The van der Waals surface area contributed by atoms with E-state index in [2.05, 4.69) is 65.9 Å². The van der Waals surface area contributed by atoms with Crippen LogP contribution in [0.2, 0.25) is 0 Å². The highest BCUT2D eigenvalue weighted by Gasteiger charge is 2.33. The maximum atomic E-state index is 6.48. The van der Waals surface area contributed by atoms with Crippen molar-refractivity contribution in [2.75, 3.05) is 6.54 Å². The number of hydrogen-bond donors (Lipinski definition) is 1. The van der Waals surface area contributed by atoms with Crippen LogP contribution in [0.3, 0.4) is 0 Å². The fourth-order valence-electron chi connectivity index (χ4n) is 3.36. The number of benzene rings is 1. The maximum absolute atomic E-state index is 6.48. The van der Waals surface area contributed by atoms with Gasteiger partial charge in [0.25, 0.3) is 0 Å². The molecule has 0 radical (unpaired) electrons. The van der Waals surface area contributed by atoms with E-state index < -0.39 is 0 Å². The molecule has 0 spiro atoms. The summed E-state index contributed by atoms with van der Waals surface area (Å²) in [5.41, 5.74) is 7.82. The SMILES string of the molecule is CCC(N)C(c1cccc(Br)c1)N1CCCC(C)C1C. The van der Waals surface area contributed by atoms with Crippen LogP contribution < -0.4 is 5.73 Å². The molecular weight excluding hydrogens is 312 g/mol. The third kappa shape index (κ3) is 3.44. The van der Waals surface area contributed by atoms with Crippen LogP contribution in [0.5, 0.6) is 0 Å². The fourth-order valence-corrected chi connectivity index (χ4v) is 3.78. The first-order chi connectivity index (χ1) is 9.54. The van der Waals surface area contributed by atoms with E-state index in [0.29, 0.717) is 12.1 Å². The predicted molar refractivity (Wildman–Crippen MR) is 89.7 cm³/mol. The normalized spacial score (nSPS) is 27.2. The number of halogens is 1. The molecule has 0 saturated carbocycles. The van der Waals surface area contributed by atoms with Gasteiger partial charge in [-0.3, -0.25) is 4.90 Å². The molecule has 2 rings (SSSR count). The van der Waals surface area contributed by atoms with Crippen LogP contribution in [-0.2, 0) is 0 Å². The van der Waals surface area contributed by atoms with E-state index in [1.54, 1.807) is 0 Å². The number of rotatable bonds is 4. The smallest absolute Gasteiger partial charge is 0.0502 e. The zero-order chi connectivity index (χ0) is 14.7. The lowest BCUT2D eigenvalue weighted by molar-refractivity contribution is 0.0546. The molecule has 0 aliphatic carbocycles. The Morgan fingerprint density at radius 1 is 1.40 bits per heavy atom. The minimum absolute atomic E-state index is 0.192. The summed E-state index contributed by atoms with van der Waals surface area (Å²) in [6, 6.07) is 9.77. The highest BCUT2D eigenvalue weighted by molar-refractivity contribution is 9.10. The van der Waals surface area contributed by atoms with Crippen molar-refractivity contribution in [2.45, 2.75) is 58.2 Å². The third-order valence-corrected chi connectivity index (χ3v) is 5.34. The number of nitrogens with two attached hydrogens (primary N) is 1. The molecule has 4 atom stereocenters. The summed E-state index contributed by atoms with van der Waals surface area (Å²) >= 11 is 3.59. The van der Waals surface area contributed by atoms with Crippen LogP contribution in [-0.4, -0.2) is 23.5 Å². The molecule has 3 heteroatoms. The average molecular weight is 339 g/mol. The van der Waals surface area contributed by atoms with Crippen LogP contribution >= 0.6 is 15.9 Å². The number of hydrogen-bond acceptors (Lipinski definition) is 2. The van der Waals surface area contributed by atoms with Gasteiger partial charge in [0.05, 0.1) is 6.04 Å². The van der Waals surface area contributed by atoms with Gasteiger partial charge in [-0.25, -0.2) is 0 Å². The van der Waals surface area contributed by atoms with E-state index in [9.17, 15) is 0 Å². The number of likely N-dealkylation sites (tertiary alicyclic amines) is 1. The molecule has 4 unspecified atom stereocenters. The molecule has 1 fully saturated rings. The Morgan fingerprint density at radius 2 is 2.15 bits per heavy atom. The highest BCUT2D eigenvalue weighted by Crippen LogP contribution is 2.34. The van der Waals surface area contributed by atoms with Gasteiger partial charge in [-0.15, -0.1) is 0 Å². The molecule has 1 heterocycles. The van der Waals surface area contributed by atoms with Gasteiger partial charge in [0.15, 0.2) is 0 Å². The number of piperidine rings is 1. The highest BCUT2D eigenvalue weighted by atomic mass is 79.9. The van der Waals surface area contributed by atoms with Crippen molar-refractivity contribution >= 4 is 15.9 Å². The second-order valence-corrected chi connectivity index (χ2v) is 7.09. The summed E-state index contributed by atoms with van der Waals surface area (Å²) in [4.78, 5) is 2.63. The van der Waals surface area contributed by atoms with E-state index in [1.165, 1.54) is 18.4 Å². The molecule has 1 saturated heterocycles. The largest absolute Gasteiger partial charge is 0.326 e. The molecule has 112 valence electrons. The molecule has 1 aromatic carbocycles. The van der Waals surface area contributed by atoms with Crippen molar-refractivity contribution < 1.29 is 0 Å². The van der Waals surface area contributed by atoms with Gasteiger partial charge in [-0.05, 0) is 56.3 Å². The van der Waals surface area contributed by atoms with Crippen LogP contribution in [0.15, 0.2) is 28.7 Å². The molecule has 1 aliphatic rings. The van der Waals surface area contributed by atoms with Crippen molar-refractivity contribution in [1.29, 1.82) is 0 Å². The van der Waals surface area contributed by atoms with Gasteiger partial charge in [-0.1, -0.05) is 41.9 Å². The fraction of sp³-hybridized carbons (Fsp3) is 0.647. The van der Waals surface area contributed by atoms with Crippen LogP contribution in [0.1, 0.15) is 51.6 Å². The monoisotopic (exact) mass is 338 g/mol. The van der Waals surface area contributed by atoms with Crippen LogP contribution in [0.25, 0.3) is 0 Å². The molecule has 0 bridgehead atoms. The topological polar surface area (TPSA) is 29.3 Å². The first kappa shape index (κ1) is 16.0. The van der Waals surface area contributed by atoms with Crippen molar-refractivity contribution in [3.63, 3.8) is 0 Å². The second kappa shape index (κ2) is 7.06. The Bertz CT molecular complexity index is 435. The molecule has 20 heavy (non-hydrogen) atoms. The standard InChI is InChI=1S/C17H27BrN2/c1-4-16(19)17(14-8-5-9-15(18)11-14)20-10-6-7-12(2)13(20)3/h5,8-9,11-13,16-17H,4,6-7,10,19H2,1-3H3. The Balaban J connectivity index is 2.32. The minimum Gasteiger partial charge on any atom is -0.326 e. The Kier molecular flexibility index (Phi) is 5.65. The lowest BCUT2D eigenvalue weighted by atomic mass is 9.87. The van der Waals surface area contributed by atoms with Crippen LogP contribution in [0.4, 0.5) is 0 Å². The summed E-state index contributed by atoms with van der Waals surface area (Å²) in [6.07, 6.45) is 3.63. The minimum atomic E-state index is 0.192. The predicted octanol–water partition coefficient (Wildman–Crippen LogP) is 4.35. The van der Waals surface area contributed by atoms with E-state index in [-0.39, 0.29) is 6.04 Å². The summed E-state index contributed by atoms with van der Waals surface area (Å²) in [5, 5.41) is 0. The zero-order valence-electron chi connectivity index (χ0n) is 12.8. The molecule has 1 aromatic rings. The average Bonchev–Trinajstić information content (AvgIpc) is 2.43. The van der Waals surface area contributed by atoms with Gasteiger partial charge in [0.2, 0.25) is 0 Å². The summed E-state index contributed by atoms with van der Waals surface area (Å²) in [5.74, 6) is 0.752. The Morgan fingerprint density at radius 3 is 2.80 bits per heavy atom. The summed E-state index contributed by atoms with van der Waals surface area (Å²) in [6.45, 7) is 8.08. The maximum Gasteiger partial charge on any atom is 0.0502 e. The molecule has 1 aliphatic heterocycles. The quantitative estimate of drug-likeness (QED) is 0.884. The first-order valence-electron chi connectivity index (χ1n) is 7.81. The van der Waals surface area contributed by atoms with Crippen molar-refractivity contribution in [3.05, 3.63) is 34.3 Å². The second-order valence-electron chi connectivity index (χ2n) is 6.17.